The number of hydrogen-bond donors (Lipinski definition) is 2. The fourth-order valence-electron chi connectivity index (χ4n) is 4.46. The summed E-state index contributed by atoms with van der Waals surface area (Å²) in [5, 5.41) is 12.7. The van der Waals surface area contributed by atoms with Gasteiger partial charge in [0.25, 0.3) is 0 Å². The summed E-state index contributed by atoms with van der Waals surface area (Å²) in [6, 6.07) is 17.6. The van der Waals surface area contributed by atoms with Crippen molar-refractivity contribution in [2.45, 2.75) is 39.4 Å². The van der Waals surface area contributed by atoms with Crippen LogP contribution in [0.4, 0.5) is 4.39 Å². The van der Waals surface area contributed by atoms with E-state index in [2.05, 4.69) is 59.7 Å². The van der Waals surface area contributed by atoms with E-state index < -0.39 is 0 Å². The molecular formula is C24H33FN6+2. The molecule has 164 valence electrons. The smallest absolute Gasteiger partial charge is 0.214 e. The molecule has 2 heterocycles. The van der Waals surface area contributed by atoms with Gasteiger partial charge in [-0.3, -0.25) is 0 Å². The molecule has 6 nitrogen and oxygen atoms in total. The largest absolute Gasteiger partial charge is 0.322 e. The summed E-state index contributed by atoms with van der Waals surface area (Å²) in [5.74, 6) is 1.25. The van der Waals surface area contributed by atoms with Gasteiger partial charge in [0.15, 0.2) is 6.04 Å². The molecule has 7 heteroatoms. The average molecular weight is 425 g/mol. The molecule has 0 amide bonds. The van der Waals surface area contributed by atoms with Gasteiger partial charge in [0.05, 0.1) is 0 Å². The fourth-order valence-corrected chi connectivity index (χ4v) is 4.46. The minimum absolute atomic E-state index is 0.0148. The predicted octanol–water partition coefficient (Wildman–Crippen LogP) is 0.931. The second-order valence-corrected chi connectivity index (χ2v) is 9.00. The molecule has 0 unspecified atom stereocenters. The number of nitrogens with one attached hydrogen (secondary N) is 2. The van der Waals surface area contributed by atoms with Crippen LogP contribution in [0.1, 0.15) is 43.3 Å². The Balaban J connectivity index is 1.52. The average Bonchev–Trinajstić information content (AvgIpc) is 3.24. The number of piperazine rings is 1. The summed E-state index contributed by atoms with van der Waals surface area (Å²) in [5.41, 5.74) is 2.46. The van der Waals surface area contributed by atoms with E-state index in [1.807, 2.05) is 16.8 Å². The SMILES string of the molecule is CC(C)CCn1nnnc1[C@H](c1ccc(F)cc1)[NH+]1CC[NH+](Cc2ccccc2)CC1. The normalized spacial score (nSPS) is 20.1. The molecule has 31 heavy (non-hydrogen) atoms. The number of aromatic nitrogens is 4. The number of aryl methyl sites for hydroxylation is 1. The Morgan fingerprint density at radius 2 is 1.68 bits per heavy atom. The van der Waals surface area contributed by atoms with Gasteiger partial charge < -0.3 is 9.80 Å². The van der Waals surface area contributed by atoms with Gasteiger partial charge in [-0.25, -0.2) is 9.07 Å². The Morgan fingerprint density at radius 1 is 0.968 bits per heavy atom. The van der Waals surface area contributed by atoms with Gasteiger partial charge in [-0.15, -0.1) is 5.10 Å². The summed E-state index contributed by atoms with van der Waals surface area (Å²) < 4.78 is 15.6. The zero-order chi connectivity index (χ0) is 21.6. The molecule has 2 aromatic carbocycles. The highest BCUT2D eigenvalue weighted by atomic mass is 19.1. The van der Waals surface area contributed by atoms with Crippen LogP contribution in [0.2, 0.25) is 0 Å². The maximum atomic E-state index is 13.6. The number of tetrazole rings is 1. The summed E-state index contributed by atoms with van der Waals surface area (Å²) in [7, 11) is 0. The van der Waals surface area contributed by atoms with Crippen molar-refractivity contribution in [3.63, 3.8) is 0 Å². The second-order valence-electron chi connectivity index (χ2n) is 9.00. The first kappa shape index (κ1) is 21.6. The summed E-state index contributed by atoms with van der Waals surface area (Å²) >= 11 is 0. The number of benzene rings is 2. The van der Waals surface area contributed by atoms with Crippen LogP contribution in [-0.2, 0) is 13.1 Å². The second kappa shape index (κ2) is 10.1. The van der Waals surface area contributed by atoms with E-state index in [9.17, 15) is 4.39 Å². The number of nitrogens with zero attached hydrogens (tertiary/aromatic N) is 4. The molecule has 3 aromatic rings. The minimum atomic E-state index is -0.214. The molecule has 1 fully saturated rings. The predicted molar refractivity (Wildman–Crippen MR) is 117 cm³/mol. The minimum Gasteiger partial charge on any atom is -0.322 e. The first-order valence-corrected chi connectivity index (χ1v) is 11.3. The van der Waals surface area contributed by atoms with Gasteiger partial charge in [0.2, 0.25) is 5.82 Å². The van der Waals surface area contributed by atoms with Crippen molar-refractivity contribution in [2.75, 3.05) is 26.2 Å². The van der Waals surface area contributed by atoms with E-state index in [1.165, 1.54) is 10.5 Å². The van der Waals surface area contributed by atoms with Crippen LogP contribution in [0.5, 0.6) is 0 Å². The van der Waals surface area contributed by atoms with Gasteiger partial charge >= 0.3 is 0 Å². The zero-order valence-electron chi connectivity index (χ0n) is 18.5. The van der Waals surface area contributed by atoms with Crippen LogP contribution in [0.3, 0.4) is 0 Å². The van der Waals surface area contributed by atoms with E-state index in [-0.39, 0.29) is 11.9 Å². The summed E-state index contributed by atoms with van der Waals surface area (Å²) in [6.07, 6.45) is 1.03. The lowest BCUT2D eigenvalue weighted by molar-refractivity contribution is -1.03. The van der Waals surface area contributed by atoms with Crippen LogP contribution >= 0.6 is 0 Å². The number of rotatable bonds is 8. The Bertz CT molecular complexity index is 932. The third-order valence-corrected chi connectivity index (χ3v) is 6.24. The molecule has 0 radical (unpaired) electrons. The van der Waals surface area contributed by atoms with Crippen molar-refractivity contribution in [1.29, 1.82) is 0 Å². The highest BCUT2D eigenvalue weighted by molar-refractivity contribution is 5.23. The van der Waals surface area contributed by atoms with Crippen molar-refractivity contribution >= 4 is 0 Å². The quantitative estimate of drug-likeness (QED) is 0.566. The maximum Gasteiger partial charge on any atom is 0.214 e. The Hall–Kier alpha value is -2.64. The standard InChI is InChI=1S/C24H31FN6/c1-19(2)12-13-31-24(26-27-28-31)23(21-8-10-22(25)11-9-21)30-16-14-29(15-17-30)18-20-6-4-3-5-7-20/h3-11,19,23H,12-18H2,1-2H3/p+2/t23-/m0/s1. The molecule has 0 saturated carbocycles. The van der Waals surface area contributed by atoms with E-state index in [0.717, 1.165) is 57.1 Å². The third-order valence-electron chi connectivity index (χ3n) is 6.24. The van der Waals surface area contributed by atoms with Crippen LogP contribution in [0.15, 0.2) is 54.6 Å². The van der Waals surface area contributed by atoms with Crippen molar-refractivity contribution in [1.82, 2.24) is 20.2 Å². The Labute approximate surface area is 183 Å². The number of halogens is 1. The number of hydrogen-bond acceptors (Lipinski definition) is 3. The van der Waals surface area contributed by atoms with Crippen molar-refractivity contribution in [3.8, 4) is 0 Å². The van der Waals surface area contributed by atoms with Gasteiger partial charge in [0.1, 0.15) is 38.5 Å². The lowest BCUT2D eigenvalue weighted by atomic mass is 10.0. The van der Waals surface area contributed by atoms with Gasteiger partial charge in [-0.05, 0) is 47.0 Å². The van der Waals surface area contributed by atoms with Gasteiger partial charge in [-0.1, -0.05) is 44.2 Å². The highest BCUT2D eigenvalue weighted by Crippen LogP contribution is 2.18. The fraction of sp³-hybridized carbons (Fsp3) is 0.458. The Morgan fingerprint density at radius 3 is 2.35 bits per heavy atom. The van der Waals surface area contributed by atoms with Crippen LogP contribution in [-0.4, -0.2) is 46.4 Å². The lowest BCUT2D eigenvalue weighted by Crippen LogP contribution is -3.27. The molecule has 0 aliphatic carbocycles. The molecule has 0 bridgehead atoms. The highest BCUT2D eigenvalue weighted by Gasteiger charge is 2.35. The van der Waals surface area contributed by atoms with E-state index in [0.29, 0.717) is 5.92 Å². The topological polar surface area (TPSA) is 52.5 Å². The first-order valence-electron chi connectivity index (χ1n) is 11.3. The first-order chi connectivity index (χ1) is 15.1. The lowest BCUT2D eigenvalue weighted by Gasteiger charge is -2.34. The van der Waals surface area contributed by atoms with E-state index >= 15 is 0 Å². The summed E-state index contributed by atoms with van der Waals surface area (Å²) in [4.78, 5) is 3.05. The maximum absolute atomic E-state index is 13.6. The van der Waals surface area contributed by atoms with Gasteiger partial charge in [-0.2, -0.15) is 0 Å². The van der Waals surface area contributed by atoms with Crippen molar-refractivity contribution in [2.24, 2.45) is 5.92 Å². The molecule has 1 aliphatic rings. The van der Waals surface area contributed by atoms with Crippen LogP contribution in [0.25, 0.3) is 0 Å². The molecule has 1 aromatic heterocycles. The Kier molecular flexibility index (Phi) is 7.04. The van der Waals surface area contributed by atoms with Crippen LogP contribution in [0, 0.1) is 11.7 Å². The third kappa shape index (κ3) is 5.54. The molecule has 4 rings (SSSR count). The molecule has 1 aliphatic heterocycles. The van der Waals surface area contributed by atoms with Crippen molar-refractivity contribution in [3.05, 3.63) is 77.4 Å². The molecule has 0 spiro atoms. The van der Waals surface area contributed by atoms with Gasteiger partial charge in [0, 0.05) is 17.7 Å². The zero-order valence-corrected chi connectivity index (χ0v) is 18.5. The van der Waals surface area contributed by atoms with Crippen molar-refractivity contribution < 1.29 is 14.2 Å². The monoisotopic (exact) mass is 424 g/mol. The number of quaternary nitrogens is 2. The van der Waals surface area contributed by atoms with Crippen LogP contribution < -0.4 is 9.80 Å². The molecule has 1 saturated heterocycles. The van der Waals surface area contributed by atoms with E-state index in [1.54, 1.807) is 17.0 Å². The molecule has 2 N–H and O–H groups in total. The molecule has 1 atom stereocenters. The molecular weight excluding hydrogens is 391 g/mol. The summed E-state index contributed by atoms with van der Waals surface area (Å²) in [6.45, 7) is 10.5. The van der Waals surface area contributed by atoms with E-state index in [4.69, 9.17) is 0 Å².